The van der Waals surface area contributed by atoms with Crippen molar-refractivity contribution in [1.82, 2.24) is 4.90 Å². The maximum Gasteiger partial charge on any atom is 0.311 e. The lowest BCUT2D eigenvalue weighted by atomic mass is 9.73. The van der Waals surface area contributed by atoms with E-state index in [1.54, 1.807) is 32.6 Å². The molecule has 1 fully saturated rings. The van der Waals surface area contributed by atoms with E-state index in [0.29, 0.717) is 6.54 Å². The van der Waals surface area contributed by atoms with Crippen molar-refractivity contribution >= 4 is 11.9 Å². The third-order valence-corrected chi connectivity index (χ3v) is 4.52. The van der Waals surface area contributed by atoms with E-state index in [0.717, 1.165) is 0 Å². The average Bonchev–Trinajstić information content (AvgIpc) is 2.77. The van der Waals surface area contributed by atoms with Crippen LogP contribution >= 0.6 is 0 Å². The van der Waals surface area contributed by atoms with E-state index in [-0.39, 0.29) is 19.1 Å². The molecule has 1 saturated heterocycles. The van der Waals surface area contributed by atoms with Crippen LogP contribution in [-0.2, 0) is 14.3 Å². The predicted molar refractivity (Wildman–Crippen MR) is 75.2 cm³/mol. The zero-order valence-electron chi connectivity index (χ0n) is 13.0. The van der Waals surface area contributed by atoms with Crippen molar-refractivity contribution < 1.29 is 19.4 Å². The SMILES string of the molecule is CCN(C(=O)C(C)(C)C(C)(C)N)C1COCC1C(=O)O. The summed E-state index contributed by atoms with van der Waals surface area (Å²) in [5, 5.41) is 9.23. The van der Waals surface area contributed by atoms with Crippen molar-refractivity contribution in [2.24, 2.45) is 17.1 Å². The number of carboxylic acid groups (broad SMARTS) is 1. The van der Waals surface area contributed by atoms with Crippen molar-refractivity contribution in [2.45, 2.75) is 46.2 Å². The molecule has 0 aliphatic carbocycles. The van der Waals surface area contributed by atoms with E-state index >= 15 is 0 Å². The molecule has 0 bridgehead atoms. The summed E-state index contributed by atoms with van der Waals surface area (Å²) >= 11 is 0. The molecular weight excluding hydrogens is 260 g/mol. The Morgan fingerprint density at radius 1 is 1.30 bits per heavy atom. The van der Waals surface area contributed by atoms with Gasteiger partial charge in [-0.05, 0) is 34.6 Å². The monoisotopic (exact) mass is 286 g/mol. The lowest BCUT2D eigenvalue weighted by Gasteiger charge is -2.42. The van der Waals surface area contributed by atoms with Crippen LogP contribution in [0.3, 0.4) is 0 Å². The zero-order valence-corrected chi connectivity index (χ0v) is 13.0. The van der Waals surface area contributed by atoms with Gasteiger partial charge in [-0.3, -0.25) is 9.59 Å². The normalized spacial score (nSPS) is 23.7. The summed E-state index contributed by atoms with van der Waals surface area (Å²) in [5.41, 5.74) is 4.62. The summed E-state index contributed by atoms with van der Waals surface area (Å²) in [6.45, 7) is 9.89. The Bertz CT molecular complexity index is 387. The number of rotatable bonds is 5. The number of amides is 1. The summed E-state index contributed by atoms with van der Waals surface area (Å²) in [4.78, 5) is 25.7. The second kappa shape index (κ2) is 5.69. The fraction of sp³-hybridized carbons (Fsp3) is 0.857. The quantitative estimate of drug-likeness (QED) is 0.776. The van der Waals surface area contributed by atoms with E-state index in [1.807, 2.05) is 6.92 Å². The van der Waals surface area contributed by atoms with Crippen molar-refractivity contribution in [3.8, 4) is 0 Å². The molecule has 2 atom stereocenters. The number of nitrogens with zero attached hydrogens (tertiary/aromatic N) is 1. The molecule has 0 radical (unpaired) electrons. The molecule has 1 aliphatic heterocycles. The molecule has 1 amide bonds. The molecule has 0 aromatic carbocycles. The van der Waals surface area contributed by atoms with Crippen LogP contribution in [0.1, 0.15) is 34.6 Å². The number of ether oxygens (including phenoxy) is 1. The maximum absolute atomic E-state index is 12.8. The lowest BCUT2D eigenvalue weighted by molar-refractivity contribution is -0.150. The topological polar surface area (TPSA) is 92.9 Å². The summed E-state index contributed by atoms with van der Waals surface area (Å²) in [6, 6.07) is -0.424. The molecule has 0 aromatic heterocycles. The first kappa shape index (κ1) is 16.9. The van der Waals surface area contributed by atoms with Crippen molar-refractivity contribution in [3.05, 3.63) is 0 Å². The Hall–Kier alpha value is -1.14. The Labute approximate surface area is 120 Å². The molecule has 6 nitrogen and oxygen atoms in total. The first-order valence-electron chi connectivity index (χ1n) is 6.94. The van der Waals surface area contributed by atoms with Gasteiger partial charge in [0.2, 0.25) is 5.91 Å². The highest BCUT2D eigenvalue weighted by Crippen LogP contribution is 2.33. The van der Waals surface area contributed by atoms with E-state index in [9.17, 15) is 14.7 Å². The molecule has 6 heteroatoms. The minimum absolute atomic E-state index is 0.130. The Morgan fingerprint density at radius 3 is 2.25 bits per heavy atom. The van der Waals surface area contributed by atoms with Crippen LogP contribution in [0.15, 0.2) is 0 Å². The van der Waals surface area contributed by atoms with Crippen LogP contribution in [-0.4, -0.2) is 53.2 Å². The van der Waals surface area contributed by atoms with E-state index in [4.69, 9.17) is 10.5 Å². The third-order valence-electron chi connectivity index (χ3n) is 4.52. The second-order valence-electron chi connectivity index (χ2n) is 6.49. The second-order valence-corrected chi connectivity index (χ2v) is 6.49. The van der Waals surface area contributed by atoms with Crippen LogP contribution in [0, 0.1) is 11.3 Å². The highest BCUT2D eigenvalue weighted by atomic mass is 16.5. The molecule has 1 heterocycles. The number of likely N-dealkylation sites (N-methyl/N-ethyl adjacent to an activating group) is 1. The van der Waals surface area contributed by atoms with Gasteiger partial charge in [0, 0.05) is 12.1 Å². The van der Waals surface area contributed by atoms with Gasteiger partial charge in [0.15, 0.2) is 0 Å². The molecule has 20 heavy (non-hydrogen) atoms. The smallest absolute Gasteiger partial charge is 0.311 e. The fourth-order valence-corrected chi connectivity index (χ4v) is 2.25. The lowest BCUT2D eigenvalue weighted by Crippen LogP contribution is -2.59. The summed E-state index contributed by atoms with van der Waals surface area (Å²) in [7, 11) is 0. The molecule has 0 aromatic rings. The zero-order chi connectivity index (χ0) is 15.7. The highest BCUT2D eigenvalue weighted by Gasteiger charge is 2.47. The highest BCUT2D eigenvalue weighted by molar-refractivity contribution is 5.84. The fourth-order valence-electron chi connectivity index (χ4n) is 2.25. The van der Waals surface area contributed by atoms with Crippen LogP contribution < -0.4 is 5.73 Å². The third kappa shape index (κ3) is 2.96. The number of nitrogens with two attached hydrogens (primary N) is 1. The number of carbonyl (C=O) groups is 2. The number of carbonyl (C=O) groups excluding carboxylic acids is 1. The molecule has 3 N–H and O–H groups in total. The van der Waals surface area contributed by atoms with Gasteiger partial charge in [0.1, 0.15) is 5.92 Å². The van der Waals surface area contributed by atoms with E-state index in [1.165, 1.54) is 0 Å². The number of hydrogen-bond acceptors (Lipinski definition) is 4. The number of aliphatic carboxylic acids is 1. The van der Waals surface area contributed by atoms with Gasteiger partial charge in [-0.1, -0.05) is 0 Å². The average molecular weight is 286 g/mol. The van der Waals surface area contributed by atoms with Crippen molar-refractivity contribution in [3.63, 3.8) is 0 Å². The van der Waals surface area contributed by atoms with Crippen LogP contribution in [0.5, 0.6) is 0 Å². The van der Waals surface area contributed by atoms with Gasteiger partial charge in [-0.15, -0.1) is 0 Å². The first-order valence-corrected chi connectivity index (χ1v) is 6.94. The minimum Gasteiger partial charge on any atom is -0.481 e. The van der Waals surface area contributed by atoms with Crippen LogP contribution in [0.25, 0.3) is 0 Å². The van der Waals surface area contributed by atoms with Gasteiger partial charge in [0.25, 0.3) is 0 Å². The molecule has 1 rings (SSSR count). The molecular formula is C14H26N2O4. The van der Waals surface area contributed by atoms with Gasteiger partial charge in [-0.25, -0.2) is 0 Å². The van der Waals surface area contributed by atoms with Gasteiger partial charge < -0.3 is 20.5 Å². The number of hydrogen-bond donors (Lipinski definition) is 2. The minimum atomic E-state index is -0.927. The molecule has 2 unspecified atom stereocenters. The molecule has 116 valence electrons. The number of carboxylic acids is 1. The van der Waals surface area contributed by atoms with Gasteiger partial charge in [-0.2, -0.15) is 0 Å². The Morgan fingerprint density at radius 2 is 1.85 bits per heavy atom. The Balaban J connectivity index is 3.02. The van der Waals surface area contributed by atoms with Gasteiger partial charge in [0.05, 0.1) is 24.7 Å². The summed E-state index contributed by atoms with van der Waals surface area (Å²) in [5.74, 6) is -1.73. The molecule has 0 saturated carbocycles. The van der Waals surface area contributed by atoms with Crippen molar-refractivity contribution in [1.29, 1.82) is 0 Å². The Kier molecular flexibility index (Phi) is 4.82. The predicted octanol–water partition coefficient (Wildman–Crippen LogP) is 0.698. The van der Waals surface area contributed by atoms with Crippen LogP contribution in [0.4, 0.5) is 0 Å². The van der Waals surface area contributed by atoms with E-state index in [2.05, 4.69) is 0 Å². The maximum atomic E-state index is 12.8. The first-order chi connectivity index (χ1) is 9.04. The van der Waals surface area contributed by atoms with Crippen LogP contribution in [0.2, 0.25) is 0 Å². The van der Waals surface area contributed by atoms with Gasteiger partial charge >= 0.3 is 5.97 Å². The van der Waals surface area contributed by atoms with Crippen molar-refractivity contribution in [2.75, 3.05) is 19.8 Å². The van der Waals surface area contributed by atoms with E-state index < -0.39 is 28.9 Å². The molecule has 1 aliphatic rings. The summed E-state index contributed by atoms with van der Waals surface area (Å²) in [6.07, 6.45) is 0. The standard InChI is InChI=1S/C14H26N2O4/c1-6-16(10-8-20-7-9(10)11(17)18)12(19)13(2,3)14(4,5)15/h9-10H,6-8,15H2,1-5H3,(H,17,18). The molecule has 0 spiro atoms. The largest absolute Gasteiger partial charge is 0.481 e. The summed E-state index contributed by atoms with van der Waals surface area (Å²) < 4.78 is 5.26.